The second-order valence-corrected chi connectivity index (χ2v) is 8.25. The van der Waals surface area contributed by atoms with E-state index < -0.39 is 0 Å². The monoisotopic (exact) mass is 483 g/mol. The predicted octanol–water partition coefficient (Wildman–Crippen LogP) is 5.99. The van der Waals surface area contributed by atoms with Crippen molar-refractivity contribution in [2.75, 3.05) is 26.7 Å². The van der Waals surface area contributed by atoms with Crippen LogP contribution < -0.4 is 0 Å². The molecule has 0 aliphatic carbocycles. The van der Waals surface area contributed by atoms with Crippen molar-refractivity contribution >= 4 is 64.6 Å². The molecule has 1 atom stereocenters. The largest absolute Gasteiger partial charge is 0.337 e. The number of halogens is 3. The van der Waals surface area contributed by atoms with Gasteiger partial charge in [-0.3, -0.25) is 4.79 Å². The zero-order valence-electron chi connectivity index (χ0n) is 16.7. The maximum Gasteiger partial charge on any atom is 0.227 e. The van der Waals surface area contributed by atoms with Gasteiger partial charge in [0.2, 0.25) is 5.91 Å². The summed E-state index contributed by atoms with van der Waals surface area (Å²) in [6.45, 7) is 2.90. The fourth-order valence-corrected chi connectivity index (χ4v) is 4.06. The molecule has 0 aromatic heterocycles. The highest BCUT2D eigenvalue weighted by molar-refractivity contribution is 7.78. The first-order chi connectivity index (χ1) is 14.0. The SMILES string of the molecule is CN(C(=O)Cc1ccc(Cl)c(Cl)c1)C(CN1CCCC1)c1cccc(N=C=S)c1.Cl. The second kappa shape index (κ2) is 11.8. The summed E-state index contributed by atoms with van der Waals surface area (Å²) in [5, 5.41) is 3.35. The first kappa shape index (κ1) is 24.8. The molecule has 2 aromatic carbocycles. The molecule has 1 aliphatic heterocycles. The molecular formula is C22H24Cl3N3OS. The Hall–Kier alpha value is -1.46. The number of thiocarbonyl (C=S) groups is 1. The van der Waals surface area contributed by atoms with Crippen LogP contribution in [0, 0.1) is 0 Å². The van der Waals surface area contributed by atoms with Gasteiger partial charge >= 0.3 is 0 Å². The summed E-state index contributed by atoms with van der Waals surface area (Å²) in [4.78, 5) is 21.4. The highest BCUT2D eigenvalue weighted by Crippen LogP contribution is 2.28. The van der Waals surface area contributed by atoms with Gasteiger partial charge in [0.15, 0.2) is 0 Å². The molecule has 0 N–H and O–H groups in total. The quantitative estimate of drug-likeness (QED) is 0.358. The van der Waals surface area contributed by atoms with Gasteiger partial charge in [-0.25, -0.2) is 0 Å². The summed E-state index contributed by atoms with van der Waals surface area (Å²) in [5.41, 5.74) is 2.62. The number of hydrogen-bond donors (Lipinski definition) is 0. The first-order valence-electron chi connectivity index (χ1n) is 9.57. The Bertz CT molecular complexity index is 928. The summed E-state index contributed by atoms with van der Waals surface area (Å²) >= 11 is 16.8. The highest BCUT2D eigenvalue weighted by Gasteiger charge is 2.26. The number of benzene rings is 2. The van der Waals surface area contributed by atoms with Crippen LogP contribution in [-0.4, -0.2) is 47.6 Å². The summed E-state index contributed by atoms with van der Waals surface area (Å²) in [7, 11) is 1.86. The number of carbonyl (C=O) groups is 1. The van der Waals surface area contributed by atoms with Gasteiger partial charge in [-0.1, -0.05) is 41.4 Å². The number of hydrogen-bond acceptors (Lipinski definition) is 4. The molecule has 1 aliphatic rings. The van der Waals surface area contributed by atoms with E-state index in [0.717, 1.165) is 36.4 Å². The molecule has 3 rings (SSSR count). The van der Waals surface area contributed by atoms with E-state index in [4.69, 9.17) is 35.4 Å². The van der Waals surface area contributed by atoms with Gasteiger partial charge in [0, 0.05) is 13.6 Å². The summed E-state index contributed by atoms with van der Waals surface area (Å²) in [6, 6.07) is 13.1. The van der Waals surface area contributed by atoms with Crippen LogP contribution in [0.3, 0.4) is 0 Å². The summed E-state index contributed by atoms with van der Waals surface area (Å²) in [5.74, 6) is 0.0244. The van der Waals surface area contributed by atoms with E-state index in [1.165, 1.54) is 12.8 Å². The maximum absolute atomic E-state index is 13.1. The molecule has 30 heavy (non-hydrogen) atoms. The minimum Gasteiger partial charge on any atom is -0.337 e. The molecule has 1 unspecified atom stereocenters. The van der Waals surface area contributed by atoms with Crippen LogP contribution >= 0.6 is 47.8 Å². The van der Waals surface area contributed by atoms with E-state index in [1.54, 1.807) is 12.1 Å². The van der Waals surface area contributed by atoms with E-state index in [-0.39, 0.29) is 30.8 Å². The fraction of sp³-hybridized carbons (Fsp3) is 0.364. The molecule has 0 saturated carbocycles. The van der Waals surface area contributed by atoms with Crippen molar-refractivity contribution in [2.24, 2.45) is 4.99 Å². The van der Waals surface area contributed by atoms with Crippen LogP contribution in [0.15, 0.2) is 47.5 Å². The molecular weight excluding hydrogens is 461 g/mol. The number of nitrogens with zero attached hydrogens (tertiary/aromatic N) is 3. The van der Waals surface area contributed by atoms with Gasteiger partial charge in [-0.05, 0) is 73.5 Å². The second-order valence-electron chi connectivity index (χ2n) is 7.25. The van der Waals surface area contributed by atoms with Crippen molar-refractivity contribution in [1.82, 2.24) is 9.80 Å². The molecule has 1 heterocycles. The van der Waals surface area contributed by atoms with Gasteiger partial charge in [0.05, 0.1) is 33.4 Å². The van der Waals surface area contributed by atoms with E-state index in [0.29, 0.717) is 10.0 Å². The third-order valence-corrected chi connectivity index (χ3v) is 6.09. The van der Waals surface area contributed by atoms with E-state index >= 15 is 0 Å². The Morgan fingerprint density at radius 1 is 1.20 bits per heavy atom. The van der Waals surface area contributed by atoms with Gasteiger partial charge in [0.1, 0.15) is 0 Å². The Kier molecular flexibility index (Phi) is 9.76. The third kappa shape index (κ3) is 6.52. The molecule has 0 spiro atoms. The maximum atomic E-state index is 13.1. The molecule has 1 amide bonds. The van der Waals surface area contributed by atoms with Gasteiger partial charge < -0.3 is 9.80 Å². The van der Waals surface area contributed by atoms with Crippen molar-refractivity contribution in [2.45, 2.75) is 25.3 Å². The third-order valence-electron chi connectivity index (χ3n) is 5.26. The number of aliphatic imine (C=N–C) groups is 1. The number of likely N-dealkylation sites (tertiary alicyclic amines) is 1. The lowest BCUT2D eigenvalue weighted by molar-refractivity contribution is -0.131. The molecule has 4 nitrogen and oxygen atoms in total. The van der Waals surface area contributed by atoms with Crippen molar-refractivity contribution in [3.63, 3.8) is 0 Å². The first-order valence-corrected chi connectivity index (χ1v) is 10.7. The zero-order valence-corrected chi connectivity index (χ0v) is 19.8. The minimum atomic E-state index is -0.0800. The Morgan fingerprint density at radius 3 is 2.60 bits per heavy atom. The van der Waals surface area contributed by atoms with Crippen molar-refractivity contribution in [1.29, 1.82) is 0 Å². The van der Waals surface area contributed by atoms with E-state index in [9.17, 15) is 4.79 Å². The summed E-state index contributed by atoms with van der Waals surface area (Å²) < 4.78 is 0. The Balaban J connectivity index is 0.00000320. The van der Waals surface area contributed by atoms with Crippen LogP contribution in [0.2, 0.25) is 10.0 Å². The lowest BCUT2D eigenvalue weighted by atomic mass is 10.0. The number of likely N-dealkylation sites (N-methyl/N-ethyl adjacent to an activating group) is 1. The standard InChI is InChI=1S/C22H23Cl2N3OS.ClH/c1-26(22(28)12-16-7-8-19(23)20(24)11-16)21(14-27-9-2-3-10-27)17-5-4-6-18(13-17)25-15-29;/h4-8,11,13,21H,2-3,9-10,12,14H2,1H3;1H. The van der Waals surface area contributed by atoms with Crippen LogP contribution in [-0.2, 0) is 11.2 Å². The van der Waals surface area contributed by atoms with Crippen LogP contribution in [0.25, 0.3) is 0 Å². The van der Waals surface area contributed by atoms with Crippen molar-refractivity contribution < 1.29 is 4.79 Å². The molecule has 0 bridgehead atoms. The number of amides is 1. The van der Waals surface area contributed by atoms with Crippen molar-refractivity contribution in [3.8, 4) is 0 Å². The lowest BCUT2D eigenvalue weighted by Crippen LogP contribution is -2.39. The van der Waals surface area contributed by atoms with E-state index in [1.807, 2.05) is 42.3 Å². The van der Waals surface area contributed by atoms with E-state index in [2.05, 4.69) is 15.1 Å². The van der Waals surface area contributed by atoms with Gasteiger partial charge in [0.25, 0.3) is 0 Å². The zero-order chi connectivity index (χ0) is 20.8. The van der Waals surface area contributed by atoms with Crippen LogP contribution in [0.1, 0.15) is 30.0 Å². The average Bonchev–Trinajstić information content (AvgIpc) is 3.22. The average molecular weight is 485 g/mol. The highest BCUT2D eigenvalue weighted by atomic mass is 35.5. The smallest absolute Gasteiger partial charge is 0.227 e. The van der Waals surface area contributed by atoms with Gasteiger partial charge in [-0.2, -0.15) is 4.99 Å². The molecule has 2 aromatic rings. The molecule has 160 valence electrons. The van der Waals surface area contributed by atoms with Crippen molar-refractivity contribution in [3.05, 3.63) is 63.6 Å². The molecule has 0 radical (unpaired) electrons. The lowest BCUT2D eigenvalue weighted by Gasteiger charge is -2.32. The molecule has 8 heteroatoms. The predicted molar refractivity (Wildman–Crippen MR) is 130 cm³/mol. The molecule has 1 fully saturated rings. The van der Waals surface area contributed by atoms with Crippen LogP contribution in [0.4, 0.5) is 5.69 Å². The Labute approximate surface area is 199 Å². The normalized spacial score (nSPS) is 14.5. The minimum absolute atomic E-state index is 0. The Morgan fingerprint density at radius 2 is 1.93 bits per heavy atom. The topological polar surface area (TPSA) is 35.9 Å². The molecule has 1 saturated heterocycles. The number of rotatable bonds is 7. The summed E-state index contributed by atoms with van der Waals surface area (Å²) in [6.07, 6.45) is 2.66. The van der Waals surface area contributed by atoms with Gasteiger partial charge in [-0.15, -0.1) is 12.4 Å². The fourth-order valence-electron chi connectivity index (χ4n) is 3.64. The number of carbonyl (C=O) groups excluding carboxylic acids is 1. The van der Waals surface area contributed by atoms with Crippen LogP contribution in [0.5, 0.6) is 0 Å². The number of isothiocyanates is 1.